The molecule has 1 aromatic rings. The SMILES string of the molecule is CCc1ccc(C(CCOCC(F)(F)F)NC)o1. The van der Waals surface area contributed by atoms with Crippen LogP contribution < -0.4 is 5.32 Å². The van der Waals surface area contributed by atoms with E-state index in [1.807, 2.05) is 19.1 Å². The Labute approximate surface area is 104 Å². The van der Waals surface area contributed by atoms with Crippen LogP contribution in [0, 0.1) is 0 Å². The Morgan fingerprint density at radius 2 is 2.11 bits per heavy atom. The van der Waals surface area contributed by atoms with Crippen molar-refractivity contribution in [2.24, 2.45) is 0 Å². The molecular weight excluding hydrogens is 247 g/mol. The first-order chi connectivity index (χ1) is 8.46. The van der Waals surface area contributed by atoms with Gasteiger partial charge >= 0.3 is 6.18 Å². The zero-order chi connectivity index (χ0) is 13.6. The summed E-state index contributed by atoms with van der Waals surface area (Å²) in [5.74, 6) is 1.59. The maximum Gasteiger partial charge on any atom is 0.411 e. The number of ether oxygens (including phenoxy) is 1. The molecule has 1 unspecified atom stereocenters. The average Bonchev–Trinajstić information content (AvgIpc) is 2.76. The number of hydrogen-bond donors (Lipinski definition) is 1. The predicted molar refractivity (Wildman–Crippen MR) is 61.4 cm³/mol. The van der Waals surface area contributed by atoms with Crippen molar-refractivity contribution in [1.82, 2.24) is 5.32 Å². The van der Waals surface area contributed by atoms with E-state index in [2.05, 4.69) is 10.1 Å². The average molecular weight is 265 g/mol. The lowest BCUT2D eigenvalue weighted by atomic mass is 10.1. The summed E-state index contributed by atoms with van der Waals surface area (Å²) in [5.41, 5.74) is 0. The summed E-state index contributed by atoms with van der Waals surface area (Å²) in [6, 6.07) is 3.58. The molecule has 0 bridgehead atoms. The van der Waals surface area contributed by atoms with E-state index < -0.39 is 12.8 Å². The normalized spacial score (nSPS) is 13.8. The lowest BCUT2D eigenvalue weighted by molar-refractivity contribution is -0.174. The molecule has 0 saturated carbocycles. The number of rotatable bonds is 7. The van der Waals surface area contributed by atoms with Crippen molar-refractivity contribution in [2.75, 3.05) is 20.3 Å². The fourth-order valence-electron chi connectivity index (χ4n) is 1.59. The van der Waals surface area contributed by atoms with Crippen LogP contribution in [0.3, 0.4) is 0 Å². The lowest BCUT2D eigenvalue weighted by Crippen LogP contribution is -2.21. The quantitative estimate of drug-likeness (QED) is 0.769. The van der Waals surface area contributed by atoms with Crippen LogP contribution in [0.4, 0.5) is 13.2 Å². The zero-order valence-electron chi connectivity index (χ0n) is 10.5. The van der Waals surface area contributed by atoms with Crippen molar-refractivity contribution in [3.63, 3.8) is 0 Å². The van der Waals surface area contributed by atoms with E-state index >= 15 is 0 Å². The fraction of sp³-hybridized carbons (Fsp3) is 0.667. The van der Waals surface area contributed by atoms with Gasteiger partial charge in [0, 0.05) is 13.0 Å². The van der Waals surface area contributed by atoms with Crippen molar-refractivity contribution in [3.05, 3.63) is 23.7 Å². The van der Waals surface area contributed by atoms with Gasteiger partial charge in [-0.15, -0.1) is 0 Å². The number of halogens is 3. The molecule has 1 atom stereocenters. The van der Waals surface area contributed by atoms with Crippen molar-refractivity contribution in [3.8, 4) is 0 Å². The predicted octanol–water partition coefficient (Wildman–Crippen LogP) is 3.07. The highest BCUT2D eigenvalue weighted by atomic mass is 19.4. The van der Waals surface area contributed by atoms with E-state index in [1.165, 1.54) is 0 Å². The van der Waals surface area contributed by atoms with Gasteiger partial charge in [-0.25, -0.2) is 0 Å². The molecule has 0 radical (unpaired) electrons. The first-order valence-corrected chi connectivity index (χ1v) is 5.86. The van der Waals surface area contributed by atoms with E-state index in [1.54, 1.807) is 7.05 Å². The molecule has 1 heterocycles. The van der Waals surface area contributed by atoms with E-state index in [-0.39, 0.29) is 12.6 Å². The first-order valence-electron chi connectivity index (χ1n) is 5.86. The summed E-state index contributed by atoms with van der Waals surface area (Å²) in [7, 11) is 1.74. The number of alkyl halides is 3. The summed E-state index contributed by atoms with van der Waals surface area (Å²) in [5, 5.41) is 3.00. The lowest BCUT2D eigenvalue weighted by Gasteiger charge is -2.14. The monoisotopic (exact) mass is 265 g/mol. The third-order valence-corrected chi connectivity index (χ3v) is 2.54. The van der Waals surface area contributed by atoms with Gasteiger partial charge < -0.3 is 14.5 Å². The molecule has 0 aliphatic heterocycles. The topological polar surface area (TPSA) is 34.4 Å². The highest BCUT2D eigenvalue weighted by Gasteiger charge is 2.27. The Balaban J connectivity index is 2.38. The Morgan fingerprint density at radius 3 is 2.61 bits per heavy atom. The summed E-state index contributed by atoms with van der Waals surface area (Å²) < 4.78 is 45.7. The highest BCUT2D eigenvalue weighted by molar-refractivity contribution is 5.10. The summed E-state index contributed by atoms with van der Waals surface area (Å²) in [6.07, 6.45) is -3.04. The molecule has 1 N–H and O–H groups in total. The van der Waals surface area contributed by atoms with Crippen molar-refractivity contribution < 1.29 is 22.3 Å². The molecule has 3 nitrogen and oxygen atoms in total. The van der Waals surface area contributed by atoms with Crippen molar-refractivity contribution in [1.29, 1.82) is 0 Å². The third-order valence-electron chi connectivity index (χ3n) is 2.54. The number of aryl methyl sites for hydroxylation is 1. The smallest absolute Gasteiger partial charge is 0.411 e. The maximum atomic E-state index is 11.9. The number of hydrogen-bond acceptors (Lipinski definition) is 3. The molecular formula is C12H18F3NO2. The van der Waals surface area contributed by atoms with Crippen LogP contribution in [0.25, 0.3) is 0 Å². The molecule has 104 valence electrons. The van der Waals surface area contributed by atoms with Gasteiger partial charge in [0.15, 0.2) is 0 Å². The molecule has 1 aromatic heterocycles. The van der Waals surface area contributed by atoms with Gasteiger partial charge in [-0.05, 0) is 25.6 Å². The molecule has 0 amide bonds. The number of furan rings is 1. The molecule has 0 aromatic carbocycles. The van der Waals surface area contributed by atoms with Gasteiger partial charge in [-0.1, -0.05) is 6.92 Å². The summed E-state index contributed by atoms with van der Waals surface area (Å²) in [6.45, 7) is 0.804. The van der Waals surface area contributed by atoms with Crippen LogP contribution in [0.5, 0.6) is 0 Å². The van der Waals surface area contributed by atoms with Crippen LogP contribution in [-0.4, -0.2) is 26.4 Å². The van der Waals surface area contributed by atoms with Crippen LogP contribution in [0.15, 0.2) is 16.5 Å². The van der Waals surface area contributed by atoms with E-state index in [4.69, 9.17) is 4.42 Å². The Bertz CT molecular complexity index is 349. The minimum Gasteiger partial charge on any atom is -0.464 e. The van der Waals surface area contributed by atoms with Crippen LogP contribution in [0.2, 0.25) is 0 Å². The molecule has 0 fully saturated rings. The standard InChI is InChI=1S/C12H18F3NO2/c1-3-9-4-5-11(18-9)10(16-2)6-7-17-8-12(13,14)15/h4-5,10,16H,3,6-8H2,1-2H3. The Morgan fingerprint density at radius 1 is 1.39 bits per heavy atom. The van der Waals surface area contributed by atoms with Crippen molar-refractivity contribution in [2.45, 2.75) is 32.0 Å². The highest BCUT2D eigenvalue weighted by Crippen LogP contribution is 2.20. The second-order valence-corrected chi connectivity index (χ2v) is 3.96. The fourth-order valence-corrected chi connectivity index (χ4v) is 1.59. The summed E-state index contributed by atoms with van der Waals surface area (Å²) >= 11 is 0. The van der Waals surface area contributed by atoms with Gasteiger partial charge in [0.05, 0.1) is 6.04 Å². The molecule has 6 heteroatoms. The van der Waals surface area contributed by atoms with E-state index in [0.717, 1.165) is 17.9 Å². The Hall–Kier alpha value is -1.01. The van der Waals surface area contributed by atoms with Gasteiger partial charge in [0.1, 0.15) is 18.1 Å². The van der Waals surface area contributed by atoms with Crippen LogP contribution >= 0.6 is 0 Å². The molecule has 0 saturated heterocycles. The maximum absolute atomic E-state index is 11.9. The Kier molecular flexibility index (Phi) is 5.68. The van der Waals surface area contributed by atoms with Crippen molar-refractivity contribution >= 4 is 0 Å². The third kappa shape index (κ3) is 5.10. The largest absolute Gasteiger partial charge is 0.464 e. The van der Waals surface area contributed by atoms with Gasteiger partial charge in [-0.3, -0.25) is 0 Å². The zero-order valence-corrected chi connectivity index (χ0v) is 10.5. The number of nitrogens with one attached hydrogen (secondary N) is 1. The first kappa shape index (κ1) is 15.0. The van der Waals surface area contributed by atoms with E-state index in [0.29, 0.717) is 6.42 Å². The van der Waals surface area contributed by atoms with Crippen LogP contribution in [0.1, 0.15) is 30.9 Å². The second-order valence-electron chi connectivity index (χ2n) is 3.96. The summed E-state index contributed by atoms with van der Waals surface area (Å²) in [4.78, 5) is 0. The van der Waals surface area contributed by atoms with Gasteiger partial charge in [0.25, 0.3) is 0 Å². The minimum absolute atomic E-state index is 0.0349. The molecule has 0 spiro atoms. The van der Waals surface area contributed by atoms with Gasteiger partial charge in [0.2, 0.25) is 0 Å². The molecule has 0 aliphatic carbocycles. The second kappa shape index (κ2) is 6.80. The molecule has 1 rings (SSSR count). The molecule has 18 heavy (non-hydrogen) atoms. The van der Waals surface area contributed by atoms with Crippen LogP contribution in [-0.2, 0) is 11.2 Å². The molecule has 0 aliphatic rings. The van der Waals surface area contributed by atoms with E-state index in [9.17, 15) is 13.2 Å². The minimum atomic E-state index is -4.27. The van der Waals surface area contributed by atoms with Gasteiger partial charge in [-0.2, -0.15) is 13.2 Å².